The zero-order chi connectivity index (χ0) is 16.7. The molecule has 118 valence electrons. The van der Waals surface area contributed by atoms with E-state index in [1.807, 2.05) is 48.5 Å². The van der Waals surface area contributed by atoms with Crippen molar-refractivity contribution in [2.75, 3.05) is 12.8 Å². The molecule has 0 saturated heterocycles. The van der Waals surface area contributed by atoms with Crippen molar-refractivity contribution in [3.8, 4) is 16.9 Å². The number of nitrogens with two attached hydrogens (primary N) is 1. The monoisotopic (exact) mass is 317 g/mol. The molecular weight excluding hydrogens is 301 g/mol. The summed E-state index contributed by atoms with van der Waals surface area (Å²) in [6.45, 7) is 0. The van der Waals surface area contributed by atoms with E-state index in [9.17, 15) is 4.39 Å². The fraction of sp³-hybridized carbons (Fsp3) is 0.0476. The molecule has 0 saturated carbocycles. The molecule has 0 unspecified atom stereocenters. The van der Waals surface area contributed by atoms with Gasteiger partial charge in [-0.1, -0.05) is 30.3 Å². The SMILES string of the molecule is COc1c(-c2ccccc2N)ccc2cc3ccc(F)cc3cc12. The van der Waals surface area contributed by atoms with Gasteiger partial charge in [0.25, 0.3) is 0 Å². The summed E-state index contributed by atoms with van der Waals surface area (Å²) in [6, 6.07) is 20.6. The largest absolute Gasteiger partial charge is 0.495 e. The van der Waals surface area contributed by atoms with Gasteiger partial charge in [-0.3, -0.25) is 0 Å². The number of hydrogen-bond acceptors (Lipinski definition) is 2. The van der Waals surface area contributed by atoms with Crippen molar-refractivity contribution in [2.24, 2.45) is 0 Å². The number of benzene rings is 4. The number of methoxy groups -OCH3 is 1. The highest BCUT2D eigenvalue weighted by Gasteiger charge is 2.13. The first-order chi connectivity index (χ1) is 11.7. The number of para-hydroxylation sites is 1. The lowest BCUT2D eigenvalue weighted by atomic mass is 9.96. The van der Waals surface area contributed by atoms with Crippen LogP contribution in [0.15, 0.2) is 66.7 Å². The molecule has 0 aliphatic carbocycles. The molecule has 4 aromatic carbocycles. The minimum Gasteiger partial charge on any atom is -0.495 e. The maximum Gasteiger partial charge on any atom is 0.134 e. The first kappa shape index (κ1) is 14.5. The maximum absolute atomic E-state index is 13.6. The Balaban J connectivity index is 2.06. The van der Waals surface area contributed by atoms with Crippen LogP contribution < -0.4 is 10.5 Å². The van der Waals surface area contributed by atoms with Crippen LogP contribution in [0, 0.1) is 5.82 Å². The molecule has 4 aromatic rings. The Morgan fingerprint density at radius 3 is 2.38 bits per heavy atom. The Morgan fingerprint density at radius 1 is 0.792 bits per heavy atom. The normalized spacial score (nSPS) is 11.1. The first-order valence-electron chi connectivity index (χ1n) is 7.72. The molecule has 0 spiro atoms. The summed E-state index contributed by atoms with van der Waals surface area (Å²) in [5, 5.41) is 3.83. The predicted molar refractivity (Wildman–Crippen MR) is 97.8 cm³/mol. The van der Waals surface area contributed by atoms with E-state index in [0.717, 1.165) is 38.4 Å². The van der Waals surface area contributed by atoms with Gasteiger partial charge in [0, 0.05) is 22.2 Å². The van der Waals surface area contributed by atoms with E-state index in [1.165, 1.54) is 12.1 Å². The smallest absolute Gasteiger partial charge is 0.134 e. The van der Waals surface area contributed by atoms with E-state index < -0.39 is 0 Å². The Labute approximate surface area is 139 Å². The fourth-order valence-electron chi connectivity index (χ4n) is 3.19. The molecule has 0 radical (unpaired) electrons. The van der Waals surface area contributed by atoms with Crippen LogP contribution >= 0.6 is 0 Å². The highest BCUT2D eigenvalue weighted by Crippen LogP contribution is 2.40. The van der Waals surface area contributed by atoms with Crippen LogP contribution in [0.5, 0.6) is 5.75 Å². The van der Waals surface area contributed by atoms with Gasteiger partial charge in [0.15, 0.2) is 0 Å². The van der Waals surface area contributed by atoms with E-state index in [2.05, 4.69) is 0 Å². The van der Waals surface area contributed by atoms with E-state index in [-0.39, 0.29) is 5.82 Å². The number of hydrogen-bond donors (Lipinski definition) is 1. The quantitative estimate of drug-likeness (QED) is 0.397. The summed E-state index contributed by atoms with van der Waals surface area (Å²) in [5.41, 5.74) is 8.68. The number of halogens is 1. The number of anilines is 1. The Morgan fingerprint density at radius 2 is 1.58 bits per heavy atom. The molecule has 24 heavy (non-hydrogen) atoms. The van der Waals surface area contributed by atoms with Crippen molar-refractivity contribution in [3.05, 3.63) is 72.5 Å². The summed E-state index contributed by atoms with van der Waals surface area (Å²) in [6.07, 6.45) is 0. The second-order valence-corrected chi connectivity index (χ2v) is 5.80. The van der Waals surface area contributed by atoms with Crippen molar-refractivity contribution in [1.82, 2.24) is 0 Å². The molecule has 2 N–H and O–H groups in total. The van der Waals surface area contributed by atoms with E-state index >= 15 is 0 Å². The lowest BCUT2D eigenvalue weighted by molar-refractivity contribution is 0.421. The molecule has 4 rings (SSSR count). The molecule has 2 nitrogen and oxygen atoms in total. The third-order valence-corrected chi connectivity index (χ3v) is 4.34. The molecule has 0 heterocycles. The number of rotatable bonds is 2. The van der Waals surface area contributed by atoms with E-state index in [4.69, 9.17) is 10.5 Å². The first-order valence-corrected chi connectivity index (χ1v) is 7.72. The van der Waals surface area contributed by atoms with Gasteiger partial charge >= 0.3 is 0 Å². The van der Waals surface area contributed by atoms with Gasteiger partial charge in [-0.2, -0.15) is 0 Å². The molecule has 0 aliphatic rings. The van der Waals surface area contributed by atoms with Gasteiger partial charge in [-0.15, -0.1) is 0 Å². The summed E-state index contributed by atoms with van der Waals surface area (Å²) < 4.78 is 19.3. The Kier molecular flexibility index (Phi) is 3.35. The maximum atomic E-state index is 13.6. The molecule has 0 fully saturated rings. The zero-order valence-corrected chi connectivity index (χ0v) is 13.2. The van der Waals surface area contributed by atoms with Crippen LogP contribution in [0.1, 0.15) is 0 Å². The lowest BCUT2D eigenvalue weighted by Crippen LogP contribution is -1.94. The average molecular weight is 317 g/mol. The summed E-state index contributed by atoms with van der Waals surface area (Å²) in [5.74, 6) is 0.501. The number of fused-ring (bicyclic) bond motifs is 2. The average Bonchev–Trinajstić information content (AvgIpc) is 2.59. The van der Waals surface area contributed by atoms with Gasteiger partial charge in [-0.05, 0) is 52.6 Å². The molecule has 0 aliphatic heterocycles. The third-order valence-electron chi connectivity index (χ3n) is 4.34. The lowest BCUT2D eigenvalue weighted by Gasteiger charge is -2.14. The van der Waals surface area contributed by atoms with Crippen molar-refractivity contribution in [2.45, 2.75) is 0 Å². The van der Waals surface area contributed by atoms with Gasteiger partial charge in [0.2, 0.25) is 0 Å². The molecule has 0 amide bonds. The second-order valence-electron chi connectivity index (χ2n) is 5.80. The minimum atomic E-state index is -0.246. The van der Waals surface area contributed by atoms with Crippen molar-refractivity contribution >= 4 is 27.2 Å². The topological polar surface area (TPSA) is 35.2 Å². The predicted octanol–water partition coefficient (Wildman–Crippen LogP) is 5.39. The van der Waals surface area contributed by atoms with Crippen molar-refractivity contribution in [3.63, 3.8) is 0 Å². The highest BCUT2D eigenvalue weighted by atomic mass is 19.1. The van der Waals surface area contributed by atoms with Gasteiger partial charge in [0.1, 0.15) is 11.6 Å². The molecule has 3 heteroatoms. The van der Waals surface area contributed by atoms with Crippen LogP contribution in [0.3, 0.4) is 0 Å². The Bertz CT molecular complexity index is 1070. The van der Waals surface area contributed by atoms with Crippen LogP contribution in [0.4, 0.5) is 10.1 Å². The van der Waals surface area contributed by atoms with E-state index in [1.54, 1.807) is 13.2 Å². The van der Waals surface area contributed by atoms with Crippen LogP contribution in [-0.4, -0.2) is 7.11 Å². The van der Waals surface area contributed by atoms with Crippen LogP contribution in [0.25, 0.3) is 32.7 Å². The van der Waals surface area contributed by atoms with Gasteiger partial charge in [0.05, 0.1) is 7.11 Å². The summed E-state index contributed by atoms with van der Waals surface area (Å²) >= 11 is 0. The van der Waals surface area contributed by atoms with Gasteiger partial charge in [-0.25, -0.2) is 4.39 Å². The standard InChI is InChI=1S/C21H16FNO/c1-24-21-18(17-4-2-3-5-20(17)23)9-7-14-10-13-6-8-16(22)11-15(13)12-19(14)21/h2-12H,23H2,1H3. The number of nitrogen functional groups attached to an aromatic ring is 1. The van der Waals surface area contributed by atoms with Crippen molar-refractivity contribution in [1.29, 1.82) is 0 Å². The molecule has 0 aromatic heterocycles. The van der Waals surface area contributed by atoms with Crippen LogP contribution in [0.2, 0.25) is 0 Å². The summed E-state index contributed by atoms with van der Waals surface area (Å²) in [4.78, 5) is 0. The zero-order valence-electron chi connectivity index (χ0n) is 13.2. The molecule has 0 bridgehead atoms. The minimum absolute atomic E-state index is 0.246. The highest BCUT2D eigenvalue weighted by molar-refractivity contribution is 6.04. The Hall–Kier alpha value is -3.07. The van der Waals surface area contributed by atoms with Crippen molar-refractivity contribution < 1.29 is 9.13 Å². The third kappa shape index (κ3) is 2.26. The summed E-state index contributed by atoms with van der Waals surface area (Å²) in [7, 11) is 1.65. The van der Waals surface area contributed by atoms with E-state index in [0.29, 0.717) is 5.69 Å². The fourth-order valence-corrected chi connectivity index (χ4v) is 3.19. The van der Waals surface area contributed by atoms with Gasteiger partial charge < -0.3 is 10.5 Å². The number of ether oxygens (including phenoxy) is 1. The second kappa shape index (κ2) is 5.53. The molecule has 0 atom stereocenters. The van der Waals surface area contributed by atoms with Crippen LogP contribution in [-0.2, 0) is 0 Å². The molecular formula is C21H16FNO.